The summed E-state index contributed by atoms with van der Waals surface area (Å²) in [5, 5.41) is 13.3. The molecule has 1 aromatic heterocycles. The van der Waals surface area contributed by atoms with E-state index in [0.29, 0.717) is 34.6 Å². The van der Waals surface area contributed by atoms with E-state index in [0.717, 1.165) is 0 Å². The van der Waals surface area contributed by atoms with Crippen molar-refractivity contribution in [3.63, 3.8) is 0 Å². The van der Waals surface area contributed by atoms with E-state index in [1.165, 1.54) is 15.6 Å². The largest absolute Gasteiger partial charge is 0.409 e. The summed E-state index contributed by atoms with van der Waals surface area (Å²) in [6, 6.07) is 1.72. The first-order chi connectivity index (χ1) is 8.96. The van der Waals surface area contributed by atoms with Gasteiger partial charge < -0.3 is 10.9 Å². The molecule has 0 aliphatic carbocycles. The van der Waals surface area contributed by atoms with Crippen LogP contribution in [0.2, 0.25) is 0 Å². The van der Waals surface area contributed by atoms with Crippen molar-refractivity contribution < 1.29 is 13.6 Å². The normalized spacial score (nSPS) is 19.7. The monoisotopic (exact) mass is 367 g/mol. The molecule has 0 aromatic carbocycles. The van der Waals surface area contributed by atoms with Gasteiger partial charge in [0, 0.05) is 23.5 Å². The molecule has 2 heterocycles. The number of hydrogen-bond acceptors (Lipinski definition) is 5. The first kappa shape index (κ1) is 14.8. The molecule has 0 atom stereocenters. The third-order valence-corrected chi connectivity index (χ3v) is 7.69. The predicted octanol–water partition coefficient (Wildman–Crippen LogP) is 1.66. The Balaban J connectivity index is 2.12. The molecule has 2 rings (SSSR count). The fraction of sp³-hybridized carbons (Fsp3) is 0.500. The van der Waals surface area contributed by atoms with E-state index in [-0.39, 0.29) is 11.8 Å². The molecule has 1 aliphatic heterocycles. The minimum atomic E-state index is -3.44. The number of sulfonamides is 1. The molecular formula is C10H14BrN3O3S2. The first-order valence-corrected chi connectivity index (χ1v) is 8.78. The molecule has 1 aromatic rings. The second-order valence-electron chi connectivity index (χ2n) is 4.26. The van der Waals surface area contributed by atoms with Crippen molar-refractivity contribution in [2.45, 2.75) is 17.1 Å². The summed E-state index contributed by atoms with van der Waals surface area (Å²) in [6.45, 7) is 0.765. The Hall–Kier alpha value is -0.640. The van der Waals surface area contributed by atoms with Gasteiger partial charge in [-0.1, -0.05) is 5.16 Å². The van der Waals surface area contributed by atoms with Gasteiger partial charge in [-0.25, -0.2) is 8.42 Å². The third kappa shape index (κ3) is 2.93. The Kier molecular flexibility index (Phi) is 4.49. The SMILES string of the molecule is NC(=NO)C1CCN(S(=O)(=O)c2sccc2Br)CC1. The number of piperidine rings is 1. The molecule has 6 nitrogen and oxygen atoms in total. The van der Waals surface area contributed by atoms with Gasteiger partial charge in [0.2, 0.25) is 0 Å². The van der Waals surface area contributed by atoms with Gasteiger partial charge >= 0.3 is 0 Å². The van der Waals surface area contributed by atoms with Gasteiger partial charge in [-0.2, -0.15) is 4.31 Å². The number of nitrogens with zero attached hydrogens (tertiary/aromatic N) is 2. The second kappa shape index (κ2) is 5.78. The van der Waals surface area contributed by atoms with Gasteiger partial charge in [-0.3, -0.25) is 0 Å². The highest BCUT2D eigenvalue weighted by atomic mass is 79.9. The zero-order valence-corrected chi connectivity index (χ0v) is 13.2. The van der Waals surface area contributed by atoms with Crippen LogP contribution < -0.4 is 5.73 Å². The number of thiophene rings is 1. The van der Waals surface area contributed by atoms with Crippen molar-refractivity contribution in [1.82, 2.24) is 4.31 Å². The summed E-state index contributed by atoms with van der Waals surface area (Å²) in [7, 11) is -3.44. The Labute approximate surface area is 124 Å². The molecule has 0 unspecified atom stereocenters. The van der Waals surface area contributed by atoms with Crippen LogP contribution in [0.4, 0.5) is 0 Å². The lowest BCUT2D eigenvalue weighted by atomic mass is 9.97. The maximum atomic E-state index is 12.4. The predicted molar refractivity (Wildman–Crippen MR) is 76.9 cm³/mol. The summed E-state index contributed by atoms with van der Waals surface area (Å²) < 4.78 is 27.2. The summed E-state index contributed by atoms with van der Waals surface area (Å²) in [6.07, 6.45) is 1.14. The summed E-state index contributed by atoms with van der Waals surface area (Å²) in [5.41, 5.74) is 5.55. The molecule has 1 fully saturated rings. The third-order valence-electron chi connectivity index (χ3n) is 3.15. The van der Waals surface area contributed by atoms with Crippen molar-refractivity contribution in [2.24, 2.45) is 16.8 Å². The van der Waals surface area contributed by atoms with Crippen LogP contribution in [0.1, 0.15) is 12.8 Å². The average Bonchev–Trinajstić information content (AvgIpc) is 2.85. The standard InChI is InChI=1S/C10H14BrN3O3S2/c11-8-3-6-18-10(8)19(16,17)14-4-1-7(2-5-14)9(12)13-15/h3,6-7,15H,1-2,4-5H2,(H2,12,13). The Morgan fingerprint density at radius 1 is 1.53 bits per heavy atom. The number of hydrogen-bond donors (Lipinski definition) is 2. The lowest BCUT2D eigenvalue weighted by Crippen LogP contribution is -2.41. The van der Waals surface area contributed by atoms with Crippen molar-refractivity contribution in [3.05, 3.63) is 15.9 Å². The average molecular weight is 368 g/mol. The van der Waals surface area contributed by atoms with Gasteiger partial charge in [0.1, 0.15) is 10.0 Å². The maximum Gasteiger partial charge on any atom is 0.253 e. The van der Waals surface area contributed by atoms with Crippen LogP contribution in [0, 0.1) is 5.92 Å². The highest BCUT2D eigenvalue weighted by Crippen LogP contribution is 2.32. The van der Waals surface area contributed by atoms with Crippen LogP contribution >= 0.6 is 27.3 Å². The highest BCUT2D eigenvalue weighted by molar-refractivity contribution is 9.10. The van der Waals surface area contributed by atoms with Crippen LogP contribution in [0.5, 0.6) is 0 Å². The maximum absolute atomic E-state index is 12.4. The molecule has 0 saturated carbocycles. The molecule has 19 heavy (non-hydrogen) atoms. The van der Waals surface area contributed by atoms with Gasteiger partial charge in [-0.15, -0.1) is 11.3 Å². The summed E-state index contributed by atoms with van der Waals surface area (Å²) in [5.74, 6) is 0.123. The Bertz CT molecular complexity index is 577. The van der Waals surface area contributed by atoms with Crippen molar-refractivity contribution in [3.8, 4) is 0 Å². The number of oxime groups is 1. The molecule has 0 amide bonds. The van der Waals surface area contributed by atoms with E-state index in [9.17, 15) is 8.42 Å². The topological polar surface area (TPSA) is 96.0 Å². The van der Waals surface area contributed by atoms with Crippen LogP contribution in [-0.4, -0.2) is 36.9 Å². The fourth-order valence-electron chi connectivity index (χ4n) is 2.05. The van der Waals surface area contributed by atoms with E-state index in [2.05, 4.69) is 21.1 Å². The van der Waals surface area contributed by atoms with E-state index in [1.807, 2.05) is 0 Å². The van der Waals surface area contributed by atoms with E-state index < -0.39 is 10.0 Å². The molecule has 9 heteroatoms. The zero-order chi connectivity index (χ0) is 14.0. The van der Waals surface area contributed by atoms with Crippen LogP contribution in [0.15, 0.2) is 25.3 Å². The smallest absolute Gasteiger partial charge is 0.253 e. The molecule has 1 aliphatic rings. The molecule has 106 valence electrons. The molecule has 0 bridgehead atoms. The zero-order valence-electron chi connectivity index (χ0n) is 9.99. The Morgan fingerprint density at radius 2 is 2.16 bits per heavy atom. The summed E-state index contributed by atoms with van der Waals surface area (Å²) >= 11 is 4.44. The van der Waals surface area contributed by atoms with Crippen LogP contribution in [-0.2, 0) is 10.0 Å². The van der Waals surface area contributed by atoms with E-state index in [4.69, 9.17) is 10.9 Å². The number of amidine groups is 1. The van der Waals surface area contributed by atoms with Crippen molar-refractivity contribution >= 4 is 43.1 Å². The van der Waals surface area contributed by atoms with Crippen molar-refractivity contribution in [1.29, 1.82) is 0 Å². The Morgan fingerprint density at radius 3 is 2.63 bits per heavy atom. The van der Waals surface area contributed by atoms with Crippen LogP contribution in [0.3, 0.4) is 0 Å². The van der Waals surface area contributed by atoms with Gasteiger partial charge in [-0.05, 0) is 40.2 Å². The fourth-order valence-corrected chi connectivity index (χ4v) is 5.97. The van der Waals surface area contributed by atoms with Gasteiger partial charge in [0.05, 0.1) is 0 Å². The highest BCUT2D eigenvalue weighted by Gasteiger charge is 2.32. The number of nitrogens with two attached hydrogens (primary N) is 1. The first-order valence-electron chi connectivity index (χ1n) is 5.67. The lowest BCUT2D eigenvalue weighted by Gasteiger charge is -2.30. The van der Waals surface area contributed by atoms with E-state index >= 15 is 0 Å². The minimum absolute atomic E-state index is 0.0526. The lowest BCUT2D eigenvalue weighted by molar-refractivity contribution is 0.291. The van der Waals surface area contributed by atoms with Gasteiger partial charge in [0.15, 0.2) is 0 Å². The number of rotatable bonds is 3. The summed E-state index contributed by atoms with van der Waals surface area (Å²) in [4.78, 5) is 0. The molecule has 0 spiro atoms. The minimum Gasteiger partial charge on any atom is -0.409 e. The van der Waals surface area contributed by atoms with Crippen molar-refractivity contribution in [2.75, 3.05) is 13.1 Å². The quantitative estimate of drug-likeness (QED) is 0.367. The molecule has 3 N–H and O–H groups in total. The number of halogens is 1. The van der Waals surface area contributed by atoms with Crippen LogP contribution in [0.25, 0.3) is 0 Å². The molecular weight excluding hydrogens is 354 g/mol. The second-order valence-corrected chi connectivity index (χ2v) is 8.16. The molecule has 0 radical (unpaired) electrons. The molecule has 1 saturated heterocycles. The van der Waals surface area contributed by atoms with Gasteiger partial charge in [0.25, 0.3) is 10.0 Å². The van der Waals surface area contributed by atoms with E-state index in [1.54, 1.807) is 11.4 Å².